The number of hydrogen-bond donors (Lipinski definition) is 1. The number of amides is 1. The predicted molar refractivity (Wildman–Crippen MR) is 111 cm³/mol. The van der Waals surface area contributed by atoms with E-state index in [-0.39, 0.29) is 5.91 Å². The second-order valence-corrected chi connectivity index (χ2v) is 7.70. The molecule has 2 aromatic carbocycles. The first-order valence-electron chi connectivity index (χ1n) is 9.14. The molecular weight excluding hydrogens is 342 g/mol. The van der Waals surface area contributed by atoms with Gasteiger partial charge in [0.15, 0.2) is 6.10 Å². The third-order valence-corrected chi connectivity index (χ3v) is 5.39. The van der Waals surface area contributed by atoms with Crippen LogP contribution >= 0.6 is 11.8 Å². The average Bonchev–Trinajstić information content (AvgIpc) is 2.63. The molecule has 0 unspecified atom stereocenters. The first-order chi connectivity index (χ1) is 12.5. The van der Waals surface area contributed by atoms with Crippen LogP contribution in [0.4, 0.5) is 0 Å². The van der Waals surface area contributed by atoms with Gasteiger partial charge in [-0.15, -0.1) is 0 Å². The van der Waals surface area contributed by atoms with E-state index < -0.39 is 6.10 Å². The van der Waals surface area contributed by atoms with Crippen molar-refractivity contribution in [1.82, 2.24) is 5.32 Å². The van der Waals surface area contributed by atoms with E-state index in [0.29, 0.717) is 13.0 Å². The van der Waals surface area contributed by atoms with E-state index >= 15 is 0 Å². The molecule has 1 N–H and O–H groups in total. The summed E-state index contributed by atoms with van der Waals surface area (Å²) in [7, 11) is 0. The maximum absolute atomic E-state index is 12.4. The number of rotatable bonds is 9. The third-order valence-electron chi connectivity index (χ3n) is 4.35. The Morgan fingerprint density at radius 3 is 2.46 bits per heavy atom. The van der Waals surface area contributed by atoms with Crippen molar-refractivity contribution in [3.63, 3.8) is 0 Å². The van der Waals surface area contributed by atoms with Crippen LogP contribution in [0.1, 0.15) is 35.6 Å². The van der Waals surface area contributed by atoms with E-state index in [4.69, 9.17) is 4.74 Å². The van der Waals surface area contributed by atoms with E-state index in [9.17, 15) is 4.79 Å². The maximum atomic E-state index is 12.4. The summed E-state index contributed by atoms with van der Waals surface area (Å²) in [6.07, 6.45) is 0.203. The van der Waals surface area contributed by atoms with Gasteiger partial charge in [-0.05, 0) is 56.0 Å². The molecule has 0 saturated heterocycles. The molecule has 1 amide bonds. The van der Waals surface area contributed by atoms with Crippen molar-refractivity contribution in [3.05, 3.63) is 64.7 Å². The van der Waals surface area contributed by atoms with E-state index in [1.54, 1.807) is 0 Å². The van der Waals surface area contributed by atoms with Gasteiger partial charge in [-0.2, -0.15) is 11.8 Å². The molecule has 26 heavy (non-hydrogen) atoms. The third kappa shape index (κ3) is 6.41. The van der Waals surface area contributed by atoms with Crippen LogP contribution in [-0.4, -0.2) is 24.3 Å². The largest absolute Gasteiger partial charge is 0.481 e. The van der Waals surface area contributed by atoms with Gasteiger partial charge in [-0.3, -0.25) is 4.79 Å². The van der Waals surface area contributed by atoms with Crippen molar-refractivity contribution in [3.8, 4) is 5.75 Å². The van der Waals surface area contributed by atoms with Crippen LogP contribution in [0.25, 0.3) is 0 Å². The molecule has 0 aromatic heterocycles. The van der Waals surface area contributed by atoms with Crippen molar-refractivity contribution in [2.75, 3.05) is 12.3 Å². The minimum Gasteiger partial charge on any atom is -0.481 e. The lowest BCUT2D eigenvalue weighted by Crippen LogP contribution is -2.39. The molecule has 140 valence electrons. The highest BCUT2D eigenvalue weighted by Crippen LogP contribution is 2.18. The van der Waals surface area contributed by atoms with Crippen LogP contribution in [0.2, 0.25) is 0 Å². The molecule has 2 rings (SSSR count). The molecule has 0 radical (unpaired) electrons. The molecule has 0 saturated carbocycles. The summed E-state index contributed by atoms with van der Waals surface area (Å²) in [4.78, 5) is 12.4. The lowest BCUT2D eigenvalue weighted by atomic mass is 10.1. The van der Waals surface area contributed by atoms with Gasteiger partial charge in [0.25, 0.3) is 5.91 Å². The summed E-state index contributed by atoms with van der Waals surface area (Å²) < 4.78 is 5.88. The number of nitrogens with one attached hydrogen (secondary N) is 1. The van der Waals surface area contributed by atoms with Gasteiger partial charge < -0.3 is 10.1 Å². The Kier molecular flexibility index (Phi) is 8.05. The van der Waals surface area contributed by atoms with Gasteiger partial charge in [0.05, 0.1) is 0 Å². The highest BCUT2D eigenvalue weighted by molar-refractivity contribution is 7.98. The number of hydrogen-bond acceptors (Lipinski definition) is 3. The first kappa shape index (κ1) is 20.4. The molecule has 0 bridgehead atoms. The fourth-order valence-corrected chi connectivity index (χ4v) is 3.33. The molecule has 4 heteroatoms. The number of carbonyl (C=O) groups is 1. The summed E-state index contributed by atoms with van der Waals surface area (Å²) >= 11 is 1.83. The van der Waals surface area contributed by atoms with E-state index in [2.05, 4.69) is 50.4 Å². The van der Waals surface area contributed by atoms with Gasteiger partial charge in [0.2, 0.25) is 0 Å². The quantitative estimate of drug-likeness (QED) is 0.642. The van der Waals surface area contributed by atoms with Crippen LogP contribution in [0.3, 0.4) is 0 Å². The van der Waals surface area contributed by atoms with Crippen molar-refractivity contribution in [2.45, 2.75) is 46.0 Å². The number of benzene rings is 2. The molecule has 0 fully saturated rings. The Morgan fingerprint density at radius 1 is 1.08 bits per heavy atom. The first-order valence-corrected chi connectivity index (χ1v) is 10.3. The van der Waals surface area contributed by atoms with E-state index in [0.717, 1.165) is 17.3 Å². The van der Waals surface area contributed by atoms with Gasteiger partial charge in [0, 0.05) is 18.1 Å². The smallest absolute Gasteiger partial charge is 0.261 e. The second-order valence-electron chi connectivity index (χ2n) is 6.59. The Hall–Kier alpha value is -1.94. The van der Waals surface area contributed by atoms with Crippen LogP contribution in [0, 0.1) is 20.8 Å². The highest BCUT2D eigenvalue weighted by Gasteiger charge is 2.18. The van der Waals surface area contributed by atoms with Crippen LogP contribution in [0.5, 0.6) is 5.75 Å². The maximum Gasteiger partial charge on any atom is 0.261 e. The molecule has 3 nitrogen and oxygen atoms in total. The zero-order valence-electron chi connectivity index (χ0n) is 16.2. The predicted octanol–water partition coefficient (Wildman–Crippen LogP) is 4.82. The molecular formula is C22H29NO2S. The Bertz CT molecular complexity index is 713. The molecule has 2 aromatic rings. The molecule has 0 aliphatic carbocycles. The lowest BCUT2D eigenvalue weighted by molar-refractivity contribution is -0.127. The number of ether oxygens (including phenoxy) is 1. The van der Waals surface area contributed by atoms with Crippen LogP contribution < -0.4 is 10.1 Å². The normalized spacial score (nSPS) is 11.8. The van der Waals surface area contributed by atoms with Gasteiger partial charge in [-0.25, -0.2) is 0 Å². The Balaban J connectivity index is 1.72. The SMILES string of the molecule is CC[C@@H](Oc1ccc(C)c(C)c1)C(=O)NCCSCc1ccc(C)cc1. The summed E-state index contributed by atoms with van der Waals surface area (Å²) in [5.74, 6) is 2.57. The van der Waals surface area contributed by atoms with E-state index in [1.807, 2.05) is 36.9 Å². The number of carbonyl (C=O) groups excluding carboxylic acids is 1. The standard InChI is InChI=1S/C22H29NO2S/c1-5-21(25-20-11-8-17(3)18(4)14-20)22(24)23-12-13-26-15-19-9-6-16(2)7-10-19/h6-11,14,21H,5,12-13,15H2,1-4H3,(H,23,24)/t21-/m1/s1. The monoisotopic (exact) mass is 371 g/mol. The summed E-state index contributed by atoms with van der Waals surface area (Å²) in [6, 6.07) is 14.5. The molecule has 0 aliphatic heterocycles. The van der Waals surface area contributed by atoms with E-state index in [1.165, 1.54) is 22.3 Å². The second kappa shape index (κ2) is 10.3. The number of aryl methyl sites for hydroxylation is 3. The van der Waals surface area contributed by atoms with Crippen molar-refractivity contribution in [2.24, 2.45) is 0 Å². The van der Waals surface area contributed by atoms with Gasteiger partial charge in [-0.1, -0.05) is 42.8 Å². The molecule has 0 aliphatic rings. The lowest BCUT2D eigenvalue weighted by Gasteiger charge is -2.18. The summed E-state index contributed by atoms with van der Waals surface area (Å²) in [5.41, 5.74) is 4.99. The zero-order valence-corrected chi connectivity index (χ0v) is 17.0. The zero-order chi connectivity index (χ0) is 18.9. The molecule has 0 heterocycles. The molecule has 0 spiro atoms. The minimum atomic E-state index is -0.445. The fourth-order valence-electron chi connectivity index (χ4n) is 2.51. The number of thioether (sulfide) groups is 1. The van der Waals surface area contributed by atoms with Gasteiger partial charge in [0.1, 0.15) is 5.75 Å². The molecule has 1 atom stereocenters. The van der Waals surface area contributed by atoms with Gasteiger partial charge >= 0.3 is 0 Å². The Labute approximate surface area is 161 Å². The van der Waals surface area contributed by atoms with Crippen molar-refractivity contribution < 1.29 is 9.53 Å². The minimum absolute atomic E-state index is 0.0401. The van der Waals surface area contributed by atoms with Crippen LogP contribution in [0.15, 0.2) is 42.5 Å². The summed E-state index contributed by atoms with van der Waals surface area (Å²) in [6.45, 7) is 8.84. The highest BCUT2D eigenvalue weighted by atomic mass is 32.2. The van der Waals surface area contributed by atoms with Crippen molar-refractivity contribution >= 4 is 17.7 Å². The summed E-state index contributed by atoms with van der Waals surface area (Å²) in [5, 5.41) is 2.99. The van der Waals surface area contributed by atoms with Crippen molar-refractivity contribution in [1.29, 1.82) is 0 Å². The topological polar surface area (TPSA) is 38.3 Å². The van der Waals surface area contributed by atoms with Crippen LogP contribution in [-0.2, 0) is 10.5 Å². The fraction of sp³-hybridized carbons (Fsp3) is 0.409. The Morgan fingerprint density at radius 2 is 1.81 bits per heavy atom. The average molecular weight is 372 g/mol.